The number of benzene rings is 1. The number of hydrogen-bond donors (Lipinski definition) is 5. The van der Waals surface area contributed by atoms with E-state index in [1.54, 1.807) is 4.90 Å². The number of aliphatic carboxylic acids is 2. The average molecular weight is 764 g/mol. The predicted molar refractivity (Wildman–Crippen MR) is 181 cm³/mol. The molecule has 20 heteroatoms. The molecule has 5 aliphatic heterocycles. The van der Waals surface area contributed by atoms with Crippen LogP contribution in [0.3, 0.4) is 0 Å². The maximum absolute atomic E-state index is 13.5. The molecule has 272 valence electrons. The minimum Gasteiger partial charge on any atom is -0.543 e. The summed E-state index contributed by atoms with van der Waals surface area (Å²) in [4.78, 5) is 76.5. The second-order valence-corrected chi connectivity index (χ2v) is 15.6. The zero-order chi connectivity index (χ0) is 37.0. The van der Waals surface area contributed by atoms with E-state index in [9.17, 15) is 44.4 Å². The summed E-state index contributed by atoms with van der Waals surface area (Å²) in [5.74, 6) is -5.61. The molecule has 0 saturated carbocycles. The van der Waals surface area contributed by atoms with E-state index in [2.05, 4.69) is 15.5 Å². The fraction of sp³-hybridized carbons (Fsp3) is 0.452. The third-order valence-corrected chi connectivity index (χ3v) is 12.0. The molecule has 4 fully saturated rings. The Bertz CT molecular complexity index is 1890. The van der Waals surface area contributed by atoms with Gasteiger partial charge in [-0.15, -0.1) is 23.1 Å². The lowest BCUT2D eigenvalue weighted by Gasteiger charge is -2.51. The van der Waals surface area contributed by atoms with E-state index < -0.39 is 58.0 Å². The number of nitrogens with zero attached hydrogens (tertiary/aromatic N) is 5. The number of carbonyl (C=O) groups is 5. The van der Waals surface area contributed by atoms with E-state index in [1.165, 1.54) is 43.1 Å². The summed E-state index contributed by atoms with van der Waals surface area (Å²) in [6.45, 7) is 4.90. The highest BCUT2D eigenvalue weighted by Gasteiger charge is 2.54. The minimum atomic E-state index is -1.80. The number of carbonyl (C=O) groups excluding carboxylic acids is 4. The first-order valence-corrected chi connectivity index (χ1v) is 18.1. The molecule has 2 atom stereocenters. The van der Waals surface area contributed by atoms with Gasteiger partial charge in [-0.25, -0.2) is 9.78 Å². The average Bonchev–Trinajstić information content (AvgIpc) is 3.33. The van der Waals surface area contributed by atoms with Crippen molar-refractivity contribution in [1.82, 2.24) is 20.1 Å². The third-order valence-electron chi connectivity index (χ3n) is 9.63. The standard InChI is InChI=1S/C31H34ClN7O10S2/c1-31(2,29(47)48)49-36-20(17-13-51-30(33)34-17)24(42)35-21-26(44)38-22(28(45)46)14(12-50-27(21)38)11-39-8-5-15(6-9-39)37(7-10-39)25(43)16-3-4-18(40)23(41)19(16)32/h3-4,13,15,21,27H,5-12H2,1-2H3,(H6-,33,34,35,36,40,41,42,43,45,46,47,48)/t15?,21-,27-,39?/m1/s1. The number of phenolic OH excluding ortho intramolecular Hbond substituents is 2. The van der Waals surface area contributed by atoms with Crippen LogP contribution in [0.2, 0.25) is 5.02 Å². The molecule has 5 aliphatic rings. The number of phenols is 2. The summed E-state index contributed by atoms with van der Waals surface area (Å²) in [6.07, 6.45) is 1.27. The fourth-order valence-electron chi connectivity index (χ4n) is 6.73. The number of hydrogen-bond acceptors (Lipinski definition) is 14. The maximum atomic E-state index is 13.5. The number of oxime groups is 1. The van der Waals surface area contributed by atoms with Crippen molar-refractivity contribution in [3.8, 4) is 11.5 Å². The lowest BCUT2D eigenvalue weighted by molar-refractivity contribution is -0.924. The number of aromatic hydroxyl groups is 2. The van der Waals surface area contributed by atoms with Gasteiger partial charge in [0.2, 0.25) is 5.60 Å². The van der Waals surface area contributed by atoms with Crippen molar-refractivity contribution in [2.45, 2.75) is 49.7 Å². The first kappa shape index (κ1) is 36.2. The highest BCUT2D eigenvalue weighted by Crippen LogP contribution is 2.42. The molecule has 6 N–H and O–H groups in total. The minimum absolute atomic E-state index is 0.00607. The van der Waals surface area contributed by atoms with Gasteiger partial charge >= 0.3 is 5.97 Å². The number of halogens is 1. The van der Waals surface area contributed by atoms with E-state index in [-0.39, 0.29) is 44.8 Å². The molecule has 17 nitrogen and oxygen atoms in total. The van der Waals surface area contributed by atoms with Gasteiger partial charge in [0.25, 0.3) is 17.7 Å². The van der Waals surface area contributed by atoms with Crippen LogP contribution in [-0.2, 0) is 24.0 Å². The van der Waals surface area contributed by atoms with Crippen molar-refractivity contribution >= 4 is 75.2 Å². The topological polar surface area (TPSA) is 248 Å². The van der Waals surface area contributed by atoms with Crippen LogP contribution in [0.15, 0.2) is 33.9 Å². The van der Waals surface area contributed by atoms with Gasteiger partial charge in [0.05, 0.1) is 48.4 Å². The Kier molecular flexibility index (Phi) is 9.59. The van der Waals surface area contributed by atoms with Crippen LogP contribution in [0.25, 0.3) is 0 Å². The summed E-state index contributed by atoms with van der Waals surface area (Å²) in [5.41, 5.74) is 3.82. The van der Waals surface area contributed by atoms with E-state index in [0.29, 0.717) is 55.6 Å². The molecule has 0 aliphatic carbocycles. The van der Waals surface area contributed by atoms with Crippen molar-refractivity contribution in [2.75, 3.05) is 44.2 Å². The zero-order valence-corrected chi connectivity index (χ0v) is 29.7. The van der Waals surface area contributed by atoms with Gasteiger partial charge in [0.1, 0.15) is 23.7 Å². The number of thioether (sulfide) groups is 1. The number of quaternary nitrogens is 1. The molecule has 0 unspecified atom stereocenters. The van der Waals surface area contributed by atoms with Crippen LogP contribution < -0.4 is 16.2 Å². The number of β-lactam (4-membered cyclic amide) rings is 1. The number of carboxylic acids is 2. The molecule has 51 heavy (non-hydrogen) atoms. The maximum Gasteiger partial charge on any atom is 0.350 e. The molecule has 0 spiro atoms. The lowest BCUT2D eigenvalue weighted by atomic mass is 9.99. The summed E-state index contributed by atoms with van der Waals surface area (Å²) >= 11 is 8.48. The monoisotopic (exact) mass is 763 g/mol. The Balaban J connectivity index is 1.18. The van der Waals surface area contributed by atoms with Crippen LogP contribution in [0.1, 0.15) is 42.7 Å². The second kappa shape index (κ2) is 13.5. The first-order chi connectivity index (χ1) is 24.0. The highest BCUT2D eigenvalue weighted by molar-refractivity contribution is 8.00. The molecular weight excluding hydrogens is 730 g/mol. The van der Waals surface area contributed by atoms with E-state index in [1.807, 2.05) is 0 Å². The van der Waals surface area contributed by atoms with Crippen molar-refractivity contribution in [3.63, 3.8) is 0 Å². The second-order valence-electron chi connectivity index (χ2n) is 13.2. The van der Waals surface area contributed by atoms with Crippen LogP contribution in [0.4, 0.5) is 5.13 Å². The smallest absolute Gasteiger partial charge is 0.350 e. The molecular formula is C31H34ClN7O10S2. The van der Waals surface area contributed by atoms with Crippen molar-refractivity contribution < 1.29 is 53.7 Å². The largest absolute Gasteiger partial charge is 0.543 e. The molecule has 7 rings (SSSR count). The zero-order valence-electron chi connectivity index (χ0n) is 27.3. The van der Waals surface area contributed by atoms with Crippen molar-refractivity contribution in [3.05, 3.63) is 45.1 Å². The number of nitrogens with two attached hydrogens (primary N) is 1. The summed E-state index contributed by atoms with van der Waals surface area (Å²) < 4.78 is 0.484. The fourth-order valence-corrected chi connectivity index (χ4v) is 8.85. The SMILES string of the molecule is CC(C)(O/N=C(\C(=O)N[C@@H]1C(=O)N2C(C(=O)[O-])=C(C[N+]34CCC(CC3)N(C(=O)c3ccc(O)c(O)c3Cl)CC4)CS[C@H]12)c1csc(N)n1)C(=O)O. The molecule has 4 saturated heterocycles. The van der Waals surface area contributed by atoms with Gasteiger partial charge in [-0.05, 0) is 26.0 Å². The normalized spacial score (nSPS) is 24.8. The number of aromatic nitrogens is 1. The number of amides is 3. The van der Waals surface area contributed by atoms with Crippen LogP contribution in [0, 0.1) is 0 Å². The quantitative estimate of drug-likeness (QED) is 0.0699. The molecule has 1 aromatic carbocycles. The molecule has 6 heterocycles. The highest BCUT2D eigenvalue weighted by atomic mass is 35.5. The van der Waals surface area contributed by atoms with Crippen molar-refractivity contribution in [2.24, 2.45) is 5.16 Å². The van der Waals surface area contributed by atoms with Crippen LogP contribution in [-0.4, -0.2) is 131 Å². The number of thiazole rings is 1. The molecule has 0 radical (unpaired) electrons. The summed E-state index contributed by atoms with van der Waals surface area (Å²) in [7, 11) is 0. The van der Waals surface area contributed by atoms with Crippen LogP contribution in [0.5, 0.6) is 11.5 Å². The number of carboxylic acid groups (broad SMARTS) is 2. The lowest BCUT2D eigenvalue weighted by Crippen LogP contribution is -2.72. The van der Waals surface area contributed by atoms with Gasteiger partial charge in [0.15, 0.2) is 22.3 Å². The summed E-state index contributed by atoms with van der Waals surface area (Å²) in [6, 6.07) is 1.33. The van der Waals surface area contributed by atoms with Gasteiger partial charge in [0, 0.05) is 35.6 Å². The molecule has 2 aromatic rings. The Morgan fingerprint density at radius 1 is 1.22 bits per heavy atom. The van der Waals surface area contributed by atoms with E-state index in [0.717, 1.165) is 16.2 Å². The Morgan fingerprint density at radius 3 is 2.55 bits per heavy atom. The van der Waals surface area contributed by atoms with Crippen molar-refractivity contribution in [1.29, 1.82) is 0 Å². The first-order valence-electron chi connectivity index (χ1n) is 15.8. The summed E-state index contributed by atoms with van der Waals surface area (Å²) in [5, 5.41) is 48.6. The number of anilines is 1. The molecule has 2 bridgehead atoms. The number of fused-ring (bicyclic) bond motifs is 5. The predicted octanol–water partition coefficient (Wildman–Crippen LogP) is -0.0871. The van der Waals surface area contributed by atoms with Gasteiger partial charge in [-0.2, -0.15) is 0 Å². The van der Waals surface area contributed by atoms with Crippen LogP contribution >= 0.6 is 34.7 Å². The van der Waals surface area contributed by atoms with E-state index >= 15 is 0 Å². The number of piperidine rings is 1. The van der Waals surface area contributed by atoms with Gasteiger partial charge < -0.3 is 50.5 Å². The number of rotatable bonds is 10. The molecule has 3 amide bonds. The Morgan fingerprint density at radius 2 is 1.92 bits per heavy atom. The number of nitrogen functional groups attached to an aromatic ring is 1. The van der Waals surface area contributed by atoms with Gasteiger partial charge in [-0.1, -0.05) is 16.8 Å². The molecule has 1 aromatic heterocycles. The Labute approximate surface area is 303 Å². The Hall–Kier alpha value is -4.59. The van der Waals surface area contributed by atoms with E-state index in [4.69, 9.17) is 22.2 Å². The number of nitrogens with one attached hydrogen (secondary N) is 1. The third kappa shape index (κ3) is 6.65. The van der Waals surface area contributed by atoms with Gasteiger partial charge in [-0.3, -0.25) is 19.3 Å².